The molecule has 1 aromatic heterocycles. The lowest BCUT2D eigenvalue weighted by Crippen LogP contribution is -2.49. The molecular weight excluding hydrogens is 342 g/mol. The third-order valence-electron chi connectivity index (χ3n) is 4.02. The summed E-state index contributed by atoms with van der Waals surface area (Å²) >= 11 is 5.85. The van der Waals surface area contributed by atoms with Crippen molar-refractivity contribution in [3.8, 4) is 0 Å². The number of amides is 1. The van der Waals surface area contributed by atoms with Gasteiger partial charge in [0.05, 0.1) is 12.1 Å². The molecular formula is C13H20ClN5O5. The Hall–Kier alpha value is -1.91. The molecule has 0 spiro atoms. The van der Waals surface area contributed by atoms with Gasteiger partial charge in [-0.1, -0.05) is 0 Å². The van der Waals surface area contributed by atoms with Crippen LogP contribution in [0.15, 0.2) is 6.20 Å². The van der Waals surface area contributed by atoms with Gasteiger partial charge in [0.25, 0.3) is 0 Å². The molecule has 1 aliphatic rings. The second-order valence-electron chi connectivity index (χ2n) is 6.11. The molecule has 1 saturated heterocycles. The van der Waals surface area contributed by atoms with Crippen LogP contribution in [0.1, 0.15) is 13.3 Å². The zero-order chi connectivity index (χ0) is 17.9. The van der Waals surface area contributed by atoms with Crippen LogP contribution in [0.3, 0.4) is 0 Å². The molecule has 0 aliphatic carbocycles. The van der Waals surface area contributed by atoms with Gasteiger partial charge >= 0.3 is 17.2 Å². The van der Waals surface area contributed by atoms with Crippen LogP contribution in [0.5, 0.6) is 0 Å². The standard InChI is InChI=1S/C13H20ClN5O5/c1-13(22,9-18-8-10(19(23)24)15-11(18)14)2-3-16-4-6-17(7-5-16)12(20)21/h8,22H,2-7,9H2,1H3,(H,20,21). The quantitative estimate of drug-likeness (QED) is 0.569. The molecule has 2 N–H and O–H groups in total. The third-order valence-corrected chi connectivity index (χ3v) is 4.32. The van der Waals surface area contributed by atoms with Crippen molar-refractivity contribution < 1.29 is 19.9 Å². The van der Waals surface area contributed by atoms with Crippen molar-refractivity contribution >= 4 is 23.5 Å². The highest BCUT2D eigenvalue weighted by Gasteiger charge is 2.28. The van der Waals surface area contributed by atoms with Crippen LogP contribution in [0, 0.1) is 10.1 Å². The van der Waals surface area contributed by atoms with Crippen molar-refractivity contribution in [2.75, 3.05) is 32.7 Å². The normalized spacial score (nSPS) is 18.4. The van der Waals surface area contributed by atoms with E-state index >= 15 is 0 Å². The van der Waals surface area contributed by atoms with E-state index in [2.05, 4.69) is 9.88 Å². The van der Waals surface area contributed by atoms with Gasteiger partial charge in [-0.25, -0.2) is 4.79 Å². The maximum absolute atomic E-state index is 10.9. The summed E-state index contributed by atoms with van der Waals surface area (Å²) in [5.41, 5.74) is -1.12. The van der Waals surface area contributed by atoms with Gasteiger partial charge in [0.2, 0.25) is 0 Å². The number of hydrogen-bond acceptors (Lipinski definition) is 6. The molecule has 1 unspecified atom stereocenters. The number of halogens is 1. The number of piperazine rings is 1. The molecule has 2 rings (SSSR count). The molecule has 134 valence electrons. The lowest BCUT2D eigenvalue weighted by atomic mass is 10.0. The summed E-state index contributed by atoms with van der Waals surface area (Å²) in [6.45, 7) is 4.41. The van der Waals surface area contributed by atoms with Gasteiger partial charge in [-0.3, -0.25) is 9.47 Å². The Bertz CT molecular complexity index is 612. The zero-order valence-corrected chi connectivity index (χ0v) is 14.0. The van der Waals surface area contributed by atoms with E-state index in [4.69, 9.17) is 16.7 Å². The van der Waals surface area contributed by atoms with Crippen LogP contribution in [-0.2, 0) is 6.54 Å². The van der Waals surface area contributed by atoms with Crippen molar-refractivity contribution in [3.05, 3.63) is 21.6 Å². The molecule has 1 fully saturated rings. The van der Waals surface area contributed by atoms with Gasteiger partial charge in [-0.15, -0.1) is 0 Å². The van der Waals surface area contributed by atoms with E-state index < -0.39 is 16.6 Å². The number of hydrogen-bond donors (Lipinski definition) is 2. The fourth-order valence-corrected chi connectivity index (χ4v) is 2.78. The SMILES string of the molecule is CC(O)(CCN1CCN(C(=O)O)CC1)Cn1cc([N+](=O)[O-])nc1Cl. The minimum atomic E-state index is -1.12. The molecule has 0 bridgehead atoms. The molecule has 0 saturated carbocycles. The number of rotatable bonds is 6. The van der Waals surface area contributed by atoms with E-state index in [1.807, 2.05) is 0 Å². The van der Waals surface area contributed by atoms with E-state index in [9.17, 15) is 20.0 Å². The van der Waals surface area contributed by atoms with Gasteiger partial charge in [0.15, 0.2) is 0 Å². The van der Waals surface area contributed by atoms with Gasteiger partial charge in [0.1, 0.15) is 6.20 Å². The first kappa shape index (κ1) is 18.4. The van der Waals surface area contributed by atoms with Crippen LogP contribution in [0.25, 0.3) is 0 Å². The maximum atomic E-state index is 10.9. The van der Waals surface area contributed by atoms with E-state index in [0.29, 0.717) is 39.1 Å². The minimum Gasteiger partial charge on any atom is -0.465 e. The smallest absolute Gasteiger partial charge is 0.407 e. The molecule has 2 heterocycles. The van der Waals surface area contributed by atoms with Crippen LogP contribution in [-0.4, -0.2) is 78.9 Å². The van der Waals surface area contributed by atoms with Gasteiger partial charge < -0.3 is 25.2 Å². The molecule has 10 nitrogen and oxygen atoms in total. The van der Waals surface area contributed by atoms with Crippen molar-refractivity contribution in [2.45, 2.75) is 25.5 Å². The van der Waals surface area contributed by atoms with Crippen LogP contribution in [0.4, 0.5) is 10.6 Å². The summed E-state index contributed by atoms with van der Waals surface area (Å²) in [6.07, 6.45) is 0.697. The Balaban J connectivity index is 1.86. The van der Waals surface area contributed by atoms with Crippen LogP contribution in [0.2, 0.25) is 5.28 Å². The van der Waals surface area contributed by atoms with E-state index in [0.717, 1.165) is 0 Å². The second-order valence-corrected chi connectivity index (χ2v) is 6.45. The number of nitro groups is 1. The second kappa shape index (κ2) is 7.32. The first-order chi connectivity index (χ1) is 11.2. The number of aliphatic hydroxyl groups is 1. The number of nitrogens with zero attached hydrogens (tertiary/aromatic N) is 5. The first-order valence-electron chi connectivity index (χ1n) is 7.47. The number of imidazole rings is 1. The van der Waals surface area contributed by atoms with E-state index in [1.165, 1.54) is 15.7 Å². The highest BCUT2D eigenvalue weighted by molar-refractivity contribution is 6.28. The fraction of sp³-hybridized carbons (Fsp3) is 0.692. The van der Waals surface area contributed by atoms with Crippen molar-refractivity contribution in [1.82, 2.24) is 19.4 Å². The molecule has 0 radical (unpaired) electrons. The molecule has 1 atom stereocenters. The van der Waals surface area contributed by atoms with E-state index in [-0.39, 0.29) is 17.6 Å². The monoisotopic (exact) mass is 361 g/mol. The predicted molar refractivity (Wildman–Crippen MR) is 85.2 cm³/mol. The number of aromatic nitrogens is 2. The molecule has 1 amide bonds. The van der Waals surface area contributed by atoms with Crippen molar-refractivity contribution in [3.63, 3.8) is 0 Å². The average molecular weight is 362 g/mol. The maximum Gasteiger partial charge on any atom is 0.407 e. The first-order valence-corrected chi connectivity index (χ1v) is 7.85. The summed E-state index contributed by atoms with van der Waals surface area (Å²) in [7, 11) is 0. The molecule has 0 aromatic carbocycles. The molecule has 1 aliphatic heterocycles. The summed E-state index contributed by atoms with van der Waals surface area (Å²) in [4.78, 5) is 28.0. The molecule has 24 heavy (non-hydrogen) atoms. The number of carbonyl (C=O) groups is 1. The van der Waals surface area contributed by atoms with Crippen LogP contribution >= 0.6 is 11.6 Å². The topological polar surface area (TPSA) is 125 Å². The van der Waals surface area contributed by atoms with Gasteiger partial charge in [-0.05, 0) is 34.9 Å². The lowest BCUT2D eigenvalue weighted by Gasteiger charge is -2.34. The third kappa shape index (κ3) is 4.79. The Morgan fingerprint density at radius 1 is 1.46 bits per heavy atom. The van der Waals surface area contributed by atoms with E-state index in [1.54, 1.807) is 6.92 Å². The summed E-state index contributed by atoms with van der Waals surface area (Å²) in [5.74, 6) is -0.361. The lowest BCUT2D eigenvalue weighted by molar-refractivity contribution is -0.389. The molecule has 1 aromatic rings. The Labute approximate surface area is 143 Å². The minimum absolute atomic E-state index is 0.0444. The number of carboxylic acid groups (broad SMARTS) is 1. The largest absolute Gasteiger partial charge is 0.465 e. The summed E-state index contributed by atoms with van der Waals surface area (Å²) < 4.78 is 1.35. The zero-order valence-electron chi connectivity index (χ0n) is 13.3. The Morgan fingerprint density at radius 3 is 2.58 bits per heavy atom. The van der Waals surface area contributed by atoms with Gasteiger partial charge in [0, 0.05) is 32.7 Å². The Kier molecular flexibility index (Phi) is 5.62. The molecule has 11 heteroatoms. The predicted octanol–water partition coefficient (Wildman–Crippen LogP) is 0.881. The average Bonchev–Trinajstić information content (AvgIpc) is 2.86. The Morgan fingerprint density at radius 2 is 2.08 bits per heavy atom. The summed E-state index contributed by atoms with van der Waals surface area (Å²) in [6, 6.07) is 0. The fourth-order valence-electron chi connectivity index (χ4n) is 2.59. The summed E-state index contributed by atoms with van der Waals surface area (Å²) in [5, 5.41) is 30.1. The van der Waals surface area contributed by atoms with Gasteiger partial charge in [-0.2, -0.15) is 0 Å². The highest BCUT2D eigenvalue weighted by atomic mass is 35.5. The highest BCUT2D eigenvalue weighted by Crippen LogP contribution is 2.21. The van der Waals surface area contributed by atoms with Crippen LogP contribution < -0.4 is 0 Å². The van der Waals surface area contributed by atoms with Crippen molar-refractivity contribution in [1.29, 1.82) is 0 Å². The van der Waals surface area contributed by atoms with Crippen molar-refractivity contribution in [2.24, 2.45) is 0 Å².